The quantitative estimate of drug-likeness (QED) is 0.106. The highest BCUT2D eigenvalue weighted by atomic mass is 32.1. The van der Waals surface area contributed by atoms with Crippen molar-refractivity contribution in [3.63, 3.8) is 0 Å². The minimum absolute atomic E-state index is 0.0209. The zero-order valence-electron chi connectivity index (χ0n) is 20.6. The van der Waals surface area contributed by atoms with Gasteiger partial charge in [-0.3, -0.25) is 5.41 Å². The summed E-state index contributed by atoms with van der Waals surface area (Å²) in [7, 11) is 1.28. The highest BCUT2D eigenvalue weighted by molar-refractivity contribution is 7.19. The summed E-state index contributed by atoms with van der Waals surface area (Å²) in [6.07, 6.45) is 0. The van der Waals surface area contributed by atoms with Crippen LogP contribution in [0.4, 0.5) is 26.7 Å². The summed E-state index contributed by atoms with van der Waals surface area (Å²) < 4.78 is 18.3. The topological polar surface area (TPSA) is 125 Å². The first-order valence-corrected chi connectivity index (χ1v) is 12.5. The number of para-hydroxylation sites is 2. The number of carbonyl (C=O) groups is 1. The normalized spacial score (nSPS) is 10.5. The van der Waals surface area contributed by atoms with E-state index in [1.807, 2.05) is 48.5 Å². The number of guanidine groups is 1. The van der Waals surface area contributed by atoms with Crippen molar-refractivity contribution in [1.29, 1.82) is 5.41 Å². The van der Waals surface area contributed by atoms with Gasteiger partial charge in [-0.1, -0.05) is 65.9 Å². The minimum atomic E-state index is -0.601. The summed E-state index contributed by atoms with van der Waals surface area (Å²) >= 11 is 1.23. The summed E-state index contributed by atoms with van der Waals surface area (Å²) in [5.74, 6) is -0.595. The molecule has 0 aliphatic rings. The molecule has 9 nitrogen and oxygen atoms in total. The van der Waals surface area contributed by atoms with E-state index in [9.17, 15) is 9.18 Å². The third kappa shape index (κ3) is 6.05. The van der Waals surface area contributed by atoms with Crippen molar-refractivity contribution >= 4 is 45.6 Å². The van der Waals surface area contributed by atoms with Gasteiger partial charge < -0.3 is 20.7 Å². The fraction of sp³-hybridized carbons (Fsp3) is 0.0357. The Kier molecular flexibility index (Phi) is 7.51. The molecule has 0 bridgehead atoms. The van der Waals surface area contributed by atoms with Gasteiger partial charge in [0.2, 0.25) is 0 Å². The number of aromatic nitrogens is 3. The molecule has 0 amide bonds. The number of anilines is 4. The standard InChI is InChI=1S/C28H22FN7O2S/c1-38-26(37)24-25(18-11-13-19(29)14-12-18)39-28(34-24)32-22-10-6-5-9-21(22)31-27(30)33-23-16-15-20(35-36-23)17-7-3-2-4-8-17/h2-16H,1H3,(H,32,34)(H3,30,31,33,36). The number of benzene rings is 3. The maximum absolute atomic E-state index is 13.4. The molecule has 0 aliphatic carbocycles. The molecule has 5 rings (SSSR count). The summed E-state index contributed by atoms with van der Waals surface area (Å²) in [4.78, 5) is 17.4. The molecule has 3 aromatic carbocycles. The molecular formula is C28H22FN7O2S. The van der Waals surface area contributed by atoms with Crippen LogP contribution in [0.1, 0.15) is 10.5 Å². The molecule has 0 spiro atoms. The van der Waals surface area contributed by atoms with Crippen LogP contribution in [0.3, 0.4) is 0 Å². The number of halogens is 1. The number of esters is 1. The Morgan fingerprint density at radius 3 is 2.26 bits per heavy atom. The number of rotatable bonds is 7. The second-order valence-corrected chi connectivity index (χ2v) is 9.16. The van der Waals surface area contributed by atoms with Gasteiger partial charge in [-0.25, -0.2) is 14.2 Å². The number of nitrogens with one attached hydrogen (secondary N) is 4. The fourth-order valence-corrected chi connectivity index (χ4v) is 4.65. The molecule has 0 aliphatic heterocycles. The molecule has 194 valence electrons. The van der Waals surface area contributed by atoms with Crippen LogP contribution in [0.5, 0.6) is 0 Å². The van der Waals surface area contributed by atoms with Crippen LogP contribution < -0.4 is 16.0 Å². The Morgan fingerprint density at radius 2 is 1.56 bits per heavy atom. The number of nitrogens with zero attached hydrogens (tertiary/aromatic N) is 3. The molecule has 0 saturated carbocycles. The second-order valence-electron chi connectivity index (χ2n) is 8.16. The average molecular weight is 540 g/mol. The SMILES string of the molecule is COC(=O)c1nc(Nc2ccccc2NC(=N)Nc2ccc(-c3ccccc3)nn2)sc1-c1ccc(F)cc1. The van der Waals surface area contributed by atoms with Crippen molar-refractivity contribution in [3.8, 4) is 21.7 Å². The molecule has 0 fully saturated rings. The zero-order valence-corrected chi connectivity index (χ0v) is 21.4. The number of hydrogen-bond acceptors (Lipinski definition) is 8. The van der Waals surface area contributed by atoms with Crippen molar-refractivity contribution < 1.29 is 13.9 Å². The van der Waals surface area contributed by atoms with Gasteiger partial charge in [-0.2, -0.15) is 0 Å². The molecule has 0 radical (unpaired) electrons. The van der Waals surface area contributed by atoms with Gasteiger partial charge in [0.1, 0.15) is 5.82 Å². The van der Waals surface area contributed by atoms with Gasteiger partial charge in [0.15, 0.2) is 22.6 Å². The lowest BCUT2D eigenvalue weighted by atomic mass is 10.1. The number of thiazole rings is 1. The summed E-state index contributed by atoms with van der Waals surface area (Å²) in [5, 5.41) is 26.3. The summed E-state index contributed by atoms with van der Waals surface area (Å²) in [6, 6.07) is 26.3. The van der Waals surface area contributed by atoms with E-state index in [-0.39, 0.29) is 17.5 Å². The zero-order chi connectivity index (χ0) is 27.2. The Labute approximate surface area is 227 Å². The number of hydrogen-bond donors (Lipinski definition) is 4. The summed E-state index contributed by atoms with van der Waals surface area (Å²) in [5.41, 5.74) is 3.63. The third-order valence-corrected chi connectivity index (χ3v) is 6.55. The molecule has 0 unspecified atom stereocenters. The highest BCUT2D eigenvalue weighted by Gasteiger charge is 2.21. The molecule has 0 atom stereocenters. The van der Waals surface area contributed by atoms with Crippen molar-refractivity contribution in [2.24, 2.45) is 0 Å². The molecule has 2 aromatic heterocycles. The lowest BCUT2D eigenvalue weighted by Crippen LogP contribution is -2.21. The van der Waals surface area contributed by atoms with E-state index in [1.54, 1.807) is 30.3 Å². The van der Waals surface area contributed by atoms with Crippen LogP contribution in [0.25, 0.3) is 21.7 Å². The van der Waals surface area contributed by atoms with Gasteiger partial charge in [-0.15, -0.1) is 10.2 Å². The van der Waals surface area contributed by atoms with Gasteiger partial charge in [0, 0.05) is 5.56 Å². The first kappa shape index (κ1) is 25.5. The van der Waals surface area contributed by atoms with Crippen molar-refractivity contribution in [2.75, 3.05) is 23.1 Å². The van der Waals surface area contributed by atoms with Crippen LogP contribution in [-0.4, -0.2) is 34.2 Å². The molecule has 0 saturated heterocycles. The van der Waals surface area contributed by atoms with Crippen molar-refractivity contribution in [2.45, 2.75) is 0 Å². The smallest absolute Gasteiger partial charge is 0.358 e. The second kappa shape index (κ2) is 11.5. The lowest BCUT2D eigenvalue weighted by Gasteiger charge is -2.14. The van der Waals surface area contributed by atoms with Gasteiger partial charge in [0.25, 0.3) is 0 Å². The Balaban J connectivity index is 1.32. The van der Waals surface area contributed by atoms with E-state index in [0.717, 1.165) is 11.3 Å². The molecule has 2 heterocycles. The number of methoxy groups -OCH3 is 1. The summed E-state index contributed by atoms with van der Waals surface area (Å²) in [6.45, 7) is 0. The fourth-order valence-electron chi connectivity index (χ4n) is 3.68. The Bertz CT molecular complexity index is 1610. The number of ether oxygens (including phenoxy) is 1. The molecular weight excluding hydrogens is 517 g/mol. The van der Waals surface area contributed by atoms with Gasteiger partial charge in [0.05, 0.1) is 29.1 Å². The van der Waals surface area contributed by atoms with E-state index < -0.39 is 5.97 Å². The van der Waals surface area contributed by atoms with E-state index in [0.29, 0.717) is 32.8 Å². The maximum atomic E-state index is 13.4. The van der Waals surface area contributed by atoms with Crippen LogP contribution in [0.2, 0.25) is 0 Å². The van der Waals surface area contributed by atoms with Crippen LogP contribution in [-0.2, 0) is 4.74 Å². The monoisotopic (exact) mass is 539 g/mol. The van der Waals surface area contributed by atoms with E-state index >= 15 is 0 Å². The van der Waals surface area contributed by atoms with Crippen molar-refractivity contribution in [3.05, 3.63) is 103 Å². The van der Waals surface area contributed by atoms with Crippen LogP contribution >= 0.6 is 11.3 Å². The highest BCUT2D eigenvalue weighted by Crippen LogP contribution is 2.36. The third-order valence-electron chi connectivity index (χ3n) is 5.53. The van der Waals surface area contributed by atoms with Crippen LogP contribution in [0, 0.1) is 11.2 Å². The lowest BCUT2D eigenvalue weighted by molar-refractivity contribution is 0.0596. The largest absolute Gasteiger partial charge is 0.464 e. The predicted octanol–water partition coefficient (Wildman–Crippen LogP) is 6.40. The number of carbonyl (C=O) groups excluding carboxylic acids is 1. The minimum Gasteiger partial charge on any atom is -0.464 e. The van der Waals surface area contributed by atoms with Gasteiger partial charge in [-0.05, 0) is 42.0 Å². The first-order valence-electron chi connectivity index (χ1n) is 11.7. The molecule has 5 aromatic rings. The Hall–Kier alpha value is -5.16. The molecule has 11 heteroatoms. The average Bonchev–Trinajstić information content (AvgIpc) is 3.38. The molecule has 39 heavy (non-hydrogen) atoms. The van der Waals surface area contributed by atoms with E-state index in [2.05, 4.69) is 31.1 Å². The predicted molar refractivity (Wildman–Crippen MR) is 151 cm³/mol. The Morgan fingerprint density at radius 1 is 0.846 bits per heavy atom. The van der Waals surface area contributed by atoms with E-state index in [1.165, 1.54) is 30.6 Å². The maximum Gasteiger partial charge on any atom is 0.358 e. The molecule has 4 N–H and O–H groups in total. The van der Waals surface area contributed by atoms with E-state index in [4.69, 9.17) is 10.1 Å². The van der Waals surface area contributed by atoms with Crippen LogP contribution in [0.15, 0.2) is 91.0 Å². The first-order chi connectivity index (χ1) is 19.0. The van der Waals surface area contributed by atoms with Crippen molar-refractivity contribution in [1.82, 2.24) is 15.2 Å². The van der Waals surface area contributed by atoms with Gasteiger partial charge >= 0.3 is 5.97 Å².